The molecule has 1 N–H and O–H groups in total. The van der Waals surface area contributed by atoms with E-state index < -0.39 is 0 Å². The van der Waals surface area contributed by atoms with E-state index in [0.717, 1.165) is 25.4 Å². The first-order chi connectivity index (χ1) is 6.36. The Kier molecular flexibility index (Phi) is 1.50. The third-order valence-corrected chi connectivity index (χ3v) is 3.10. The van der Waals surface area contributed by atoms with Crippen LogP contribution in [0.1, 0.15) is 36.0 Å². The van der Waals surface area contributed by atoms with Crippen molar-refractivity contribution in [3.63, 3.8) is 0 Å². The van der Waals surface area contributed by atoms with Gasteiger partial charge in [-0.2, -0.15) is 0 Å². The molecule has 2 heterocycles. The fraction of sp³-hybridized carbons (Fsp3) is 0.700. The monoisotopic (exact) mass is 177 g/mol. The van der Waals surface area contributed by atoms with Crippen LogP contribution in [0.15, 0.2) is 0 Å². The third kappa shape index (κ3) is 1.10. The lowest BCUT2D eigenvalue weighted by molar-refractivity contribution is 0.603. The second kappa shape index (κ2) is 2.58. The van der Waals surface area contributed by atoms with E-state index in [1.807, 2.05) is 0 Å². The van der Waals surface area contributed by atoms with Gasteiger partial charge in [0.25, 0.3) is 0 Å². The van der Waals surface area contributed by atoms with Crippen molar-refractivity contribution in [2.24, 2.45) is 7.05 Å². The van der Waals surface area contributed by atoms with Gasteiger partial charge in [-0.1, -0.05) is 0 Å². The van der Waals surface area contributed by atoms with Crippen LogP contribution in [0.2, 0.25) is 0 Å². The highest BCUT2D eigenvalue weighted by molar-refractivity contribution is 5.23. The average Bonchev–Trinajstić information content (AvgIpc) is 2.94. The summed E-state index contributed by atoms with van der Waals surface area (Å²) in [5.74, 6) is 2.10. The Labute approximate surface area is 78.2 Å². The Balaban J connectivity index is 2.06. The van der Waals surface area contributed by atoms with Crippen LogP contribution in [0.25, 0.3) is 0 Å². The fourth-order valence-electron chi connectivity index (χ4n) is 2.15. The van der Waals surface area contributed by atoms with Gasteiger partial charge in [0, 0.05) is 32.5 Å². The van der Waals surface area contributed by atoms with E-state index in [9.17, 15) is 0 Å². The van der Waals surface area contributed by atoms with Gasteiger partial charge < -0.3 is 9.88 Å². The molecular weight excluding hydrogens is 162 g/mol. The first-order valence-electron chi connectivity index (χ1n) is 5.11. The van der Waals surface area contributed by atoms with Crippen LogP contribution in [-0.2, 0) is 20.0 Å². The predicted molar refractivity (Wildman–Crippen MR) is 50.6 cm³/mol. The van der Waals surface area contributed by atoms with Gasteiger partial charge in [0.1, 0.15) is 5.82 Å². The zero-order chi connectivity index (χ0) is 8.84. The summed E-state index contributed by atoms with van der Waals surface area (Å²) < 4.78 is 2.30. The molecule has 0 radical (unpaired) electrons. The van der Waals surface area contributed by atoms with Crippen LogP contribution in [0.3, 0.4) is 0 Å². The molecule has 0 amide bonds. The van der Waals surface area contributed by atoms with Crippen LogP contribution < -0.4 is 5.32 Å². The van der Waals surface area contributed by atoms with E-state index in [0.29, 0.717) is 0 Å². The van der Waals surface area contributed by atoms with Crippen LogP contribution in [0.5, 0.6) is 0 Å². The summed E-state index contributed by atoms with van der Waals surface area (Å²) in [4.78, 5) is 4.74. The Morgan fingerprint density at radius 3 is 3.00 bits per heavy atom. The molecule has 2 aliphatic rings. The summed E-state index contributed by atoms with van der Waals surface area (Å²) in [5.41, 5.74) is 2.75. The number of nitrogens with one attached hydrogen (secondary N) is 1. The molecule has 0 spiro atoms. The Morgan fingerprint density at radius 2 is 2.31 bits per heavy atom. The largest absolute Gasteiger partial charge is 0.333 e. The summed E-state index contributed by atoms with van der Waals surface area (Å²) in [7, 11) is 2.16. The second-order valence-corrected chi connectivity index (χ2v) is 4.12. The van der Waals surface area contributed by atoms with E-state index in [1.165, 1.54) is 30.1 Å². The Morgan fingerprint density at radius 1 is 1.46 bits per heavy atom. The number of fused-ring (bicyclic) bond motifs is 1. The van der Waals surface area contributed by atoms with Gasteiger partial charge >= 0.3 is 0 Å². The molecule has 0 aromatic carbocycles. The molecule has 0 bridgehead atoms. The molecule has 0 unspecified atom stereocenters. The molecule has 13 heavy (non-hydrogen) atoms. The maximum atomic E-state index is 4.74. The number of nitrogens with zero attached hydrogens (tertiary/aromatic N) is 2. The highest BCUT2D eigenvalue weighted by atomic mass is 15.1. The molecule has 70 valence electrons. The number of aromatic nitrogens is 2. The zero-order valence-corrected chi connectivity index (χ0v) is 8.01. The molecule has 0 saturated heterocycles. The molecule has 1 aromatic heterocycles. The minimum Gasteiger partial charge on any atom is -0.333 e. The lowest BCUT2D eigenvalue weighted by atomic mass is 10.2. The minimum absolute atomic E-state index is 0.774. The minimum atomic E-state index is 0.774. The number of imidazole rings is 1. The van der Waals surface area contributed by atoms with Crippen LogP contribution >= 0.6 is 0 Å². The van der Waals surface area contributed by atoms with Crippen LogP contribution in [0.4, 0.5) is 0 Å². The zero-order valence-electron chi connectivity index (χ0n) is 8.01. The van der Waals surface area contributed by atoms with Crippen molar-refractivity contribution in [2.75, 3.05) is 6.54 Å². The summed E-state index contributed by atoms with van der Waals surface area (Å²) in [6.45, 7) is 2.10. The molecule has 3 rings (SSSR count). The van der Waals surface area contributed by atoms with Crippen molar-refractivity contribution in [3.05, 3.63) is 17.2 Å². The van der Waals surface area contributed by atoms with E-state index in [1.54, 1.807) is 0 Å². The van der Waals surface area contributed by atoms with Gasteiger partial charge in [-0.3, -0.25) is 0 Å². The fourth-order valence-corrected chi connectivity index (χ4v) is 2.15. The van der Waals surface area contributed by atoms with E-state index in [4.69, 9.17) is 4.98 Å². The Bertz CT molecular complexity index is 336. The Hall–Kier alpha value is -0.830. The molecule has 1 saturated carbocycles. The van der Waals surface area contributed by atoms with Crippen molar-refractivity contribution in [2.45, 2.75) is 31.7 Å². The predicted octanol–water partition coefficient (Wildman–Crippen LogP) is 0.943. The molecule has 1 aliphatic heterocycles. The standard InChI is InChI=1S/C10H15N3/c1-13-9-6-11-5-4-8(9)12-10(13)7-2-3-7/h7,11H,2-6H2,1H3. The van der Waals surface area contributed by atoms with Gasteiger partial charge in [-0.05, 0) is 12.8 Å². The summed E-state index contributed by atoms with van der Waals surface area (Å²) in [6, 6.07) is 0. The maximum absolute atomic E-state index is 4.74. The molecule has 0 atom stereocenters. The lowest BCUT2D eigenvalue weighted by Gasteiger charge is -2.13. The quantitative estimate of drug-likeness (QED) is 0.692. The molecular formula is C10H15N3. The highest BCUT2D eigenvalue weighted by Gasteiger charge is 2.30. The summed E-state index contributed by atoms with van der Waals surface area (Å²) in [5, 5.41) is 3.39. The topological polar surface area (TPSA) is 29.9 Å². The number of hydrogen-bond donors (Lipinski definition) is 1. The van der Waals surface area contributed by atoms with Gasteiger partial charge in [0.2, 0.25) is 0 Å². The average molecular weight is 177 g/mol. The summed E-state index contributed by atoms with van der Waals surface area (Å²) >= 11 is 0. The van der Waals surface area contributed by atoms with Crippen molar-refractivity contribution in [1.82, 2.24) is 14.9 Å². The van der Waals surface area contributed by atoms with E-state index in [-0.39, 0.29) is 0 Å². The van der Waals surface area contributed by atoms with Crippen molar-refractivity contribution >= 4 is 0 Å². The molecule has 1 fully saturated rings. The molecule has 3 heteroatoms. The van der Waals surface area contributed by atoms with E-state index in [2.05, 4.69) is 16.9 Å². The van der Waals surface area contributed by atoms with Crippen molar-refractivity contribution < 1.29 is 0 Å². The lowest BCUT2D eigenvalue weighted by Crippen LogP contribution is -2.24. The van der Waals surface area contributed by atoms with Crippen molar-refractivity contribution in [3.8, 4) is 0 Å². The van der Waals surface area contributed by atoms with Gasteiger partial charge in [-0.25, -0.2) is 4.98 Å². The first-order valence-corrected chi connectivity index (χ1v) is 5.11. The molecule has 1 aliphatic carbocycles. The van der Waals surface area contributed by atoms with Gasteiger partial charge in [0.05, 0.1) is 11.4 Å². The highest BCUT2D eigenvalue weighted by Crippen LogP contribution is 2.40. The SMILES string of the molecule is Cn1c(C2CC2)nc2c1CNCC2. The second-order valence-electron chi connectivity index (χ2n) is 4.12. The smallest absolute Gasteiger partial charge is 0.112 e. The van der Waals surface area contributed by atoms with Crippen LogP contribution in [-0.4, -0.2) is 16.1 Å². The van der Waals surface area contributed by atoms with Gasteiger partial charge in [0.15, 0.2) is 0 Å². The third-order valence-electron chi connectivity index (χ3n) is 3.10. The first kappa shape index (κ1) is 7.56. The number of hydrogen-bond acceptors (Lipinski definition) is 2. The normalized spacial score (nSPS) is 21.6. The van der Waals surface area contributed by atoms with Crippen LogP contribution in [0, 0.1) is 0 Å². The summed E-state index contributed by atoms with van der Waals surface area (Å²) in [6.07, 6.45) is 3.80. The molecule has 1 aromatic rings. The van der Waals surface area contributed by atoms with Crippen molar-refractivity contribution in [1.29, 1.82) is 0 Å². The van der Waals surface area contributed by atoms with Gasteiger partial charge in [-0.15, -0.1) is 0 Å². The number of rotatable bonds is 1. The van der Waals surface area contributed by atoms with E-state index >= 15 is 0 Å². The maximum Gasteiger partial charge on any atom is 0.112 e. The molecule has 3 nitrogen and oxygen atoms in total.